The van der Waals surface area contributed by atoms with E-state index < -0.39 is 11.3 Å². The van der Waals surface area contributed by atoms with Gasteiger partial charge >= 0.3 is 5.97 Å². The van der Waals surface area contributed by atoms with Crippen LogP contribution in [0.25, 0.3) is 17.2 Å². The summed E-state index contributed by atoms with van der Waals surface area (Å²) < 4.78 is 5.65. The smallest absolute Gasteiger partial charge is 0.321 e. The Morgan fingerprint density at radius 3 is 2.12 bits per heavy atom. The predicted octanol–water partition coefficient (Wildman–Crippen LogP) is 4.44. The predicted molar refractivity (Wildman–Crippen MR) is 131 cm³/mol. The summed E-state index contributed by atoms with van der Waals surface area (Å²) in [5.41, 5.74) is 13.8. The number of nitrogens with zero attached hydrogens (tertiary/aromatic N) is 1. The van der Waals surface area contributed by atoms with E-state index in [0.717, 1.165) is 22.3 Å². The number of guanidine groups is 1. The molecule has 0 saturated heterocycles. The van der Waals surface area contributed by atoms with Crippen LogP contribution in [0, 0.1) is 0 Å². The molecule has 0 heterocycles. The highest BCUT2D eigenvalue weighted by Crippen LogP contribution is 2.29. The van der Waals surface area contributed by atoms with Gasteiger partial charge in [0.2, 0.25) is 0 Å². The third-order valence-electron chi connectivity index (χ3n) is 5.28. The summed E-state index contributed by atoms with van der Waals surface area (Å²) in [6.45, 7) is 5.34. The minimum atomic E-state index is -0.781. The molecule has 0 aliphatic carbocycles. The Morgan fingerprint density at radius 2 is 1.48 bits per heavy atom. The Balaban J connectivity index is 1.82. The second-order valence-corrected chi connectivity index (χ2v) is 8.16. The lowest BCUT2D eigenvalue weighted by molar-refractivity contribution is -0.139. The highest BCUT2D eigenvalue weighted by Gasteiger charge is 2.31. The van der Waals surface area contributed by atoms with Crippen molar-refractivity contribution >= 4 is 23.9 Å². The highest BCUT2D eigenvalue weighted by molar-refractivity contribution is 6.04. The molecule has 0 bridgehead atoms. The average molecular weight is 442 g/mol. The Morgan fingerprint density at radius 1 is 0.879 bits per heavy atom. The second kappa shape index (κ2) is 9.96. The van der Waals surface area contributed by atoms with Crippen LogP contribution in [0.1, 0.15) is 31.9 Å². The number of rotatable bonds is 6. The van der Waals surface area contributed by atoms with Crippen molar-refractivity contribution in [1.82, 2.24) is 0 Å². The van der Waals surface area contributed by atoms with Gasteiger partial charge in [-0.3, -0.25) is 9.59 Å². The molecule has 4 N–H and O–H groups in total. The number of ether oxygens (including phenoxy) is 1. The van der Waals surface area contributed by atoms with Gasteiger partial charge in [0.05, 0.1) is 5.41 Å². The van der Waals surface area contributed by atoms with Crippen molar-refractivity contribution in [3.8, 4) is 16.9 Å². The summed E-state index contributed by atoms with van der Waals surface area (Å²) in [7, 11) is 0. The Kier molecular flexibility index (Phi) is 7.08. The maximum Gasteiger partial charge on any atom is 0.321 e. The lowest BCUT2D eigenvalue weighted by Gasteiger charge is -2.23. The number of hydrogen-bond acceptors (Lipinski definition) is 3. The lowest BCUT2D eigenvalue weighted by Crippen LogP contribution is -2.33. The molecule has 3 aromatic rings. The molecule has 0 atom stereocenters. The SMILES string of the molecule is CC(=Cc1ccccc1-c1ccc(OC(=O)C(C)(C)c2ccccc2)cc1)C(=O)N=C(N)N. The minimum Gasteiger partial charge on any atom is -0.426 e. The van der Waals surface area contributed by atoms with Gasteiger partial charge < -0.3 is 16.2 Å². The first-order valence-corrected chi connectivity index (χ1v) is 10.5. The molecule has 0 spiro atoms. The van der Waals surface area contributed by atoms with Crippen molar-refractivity contribution in [3.63, 3.8) is 0 Å². The van der Waals surface area contributed by atoms with Gasteiger partial charge in [0.15, 0.2) is 5.96 Å². The molecule has 3 aromatic carbocycles. The molecule has 1 amide bonds. The van der Waals surface area contributed by atoms with E-state index in [1.165, 1.54) is 0 Å². The Labute approximate surface area is 193 Å². The van der Waals surface area contributed by atoms with Crippen molar-refractivity contribution in [2.45, 2.75) is 26.2 Å². The molecule has 6 nitrogen and oxygen atoms in total. The summed E-state index contributed by atoms with van der Waals surface area (Å²) in [5, 5.41) is 0. The van der Waals surface area contributed by atoms with Crippen LogP contribution < -0.4 is 16.2 Å². The van der Waals surface area contributed by atoms with Crippen LogP contribution in [-0.4, -0.2) is 17.8 Å². The topological polar surface area (TPSA) is 108 Å². The fourth-order valence-corrected chi connectivity index (χ4v) is 3.30. The summed E-state index contributed by atoms with van der Waals surface area (Å²) in [6, 6.07) is 24.4. The van der Waals surface area contributed by atoms with E-state index in [-0.39, 0.29) is 11.9 Å². The zero-order valence-corrected chi connectivity index (χ0v) is 18.9. The van der Waals surface area contributed by atoms with Gasteiger partial charge in [-0.05, 0) is 61.2 Å². The highest BCUT2D eigenvalue weighted by atomic mass is 16.5. The van der Waals surface area contributed by atoms with E-state index >= 15 is 0 Å². The van der Waals surface area contributed by atoms with Crippen molar-refractivity contribution in [3.05, 3.63) is 95.6 Å². The summed E-state index contributed by atoms with van der Waals surface area (Å²) in [4.78, 5) is 28.5. The largest absolute Gasteiger partial charge is 0.426 e. The number of aliphatic imine (C=N–C) groups is 1. The minimum absolute atomic E-state index is 0.276. The van der Waals surface area contributed by atoms with Gasteiger partial charge in [0, 0.05) is 5.57 Å². The van der Waals surface area contributed by atoms with Crippen LogP contribution >= 0.6 is 0 Å². The molecule has 0 aromatic heterocycles. The molecule has 0 aliphatic heterocycles. The monoisotopic (exact) mass is 441 g/mol. The molecule has 0 unspecified atom stereocenters. The first-order valence-electron chi connectivity index (χ1n) is 10.5. The molecular weight excluding hydrogens is 414 g/mol. The van der Waals surface area contributed by atoms with Crippen LogP contribution in [-0.2, 0) is 15.0 Å². The van der Waals surface area contributed by atoms with Gasteiger partial charge in [-0.15, -0.1) is 0 Å². The molecule has 3 rings (SSSR count). The number of esters is 1. The molecule has 0 saturated carbocycles. The van der Waals surface area contributed by atoms with Gasteiger partial charge in [-0.25, -0.2) is 0 Å². The normalized spacial score (nSPS) is 11.5. The number of carbonyl (C=O) groups excluding carboxylic acids is 2. The number of carbonyl (C=O) groups is 2. The molecule has 0 aliphatic rings. The van der Waals surface area contributed by atoms with Crippen LogP contribution in [0.3, 0.4) is 0 Å². The zero-order chi connectivity index (χ0) is 24.0. The molecular formula is C27H27N3O3. The third kappa shape index (κ3) is 5.74. The van der Waals surface area contributed by atoms with Crippen molar-refractivity contribution in [1.29, 1.82) is 0 Å². The van der Waals surface area contributed by atoms with Crippen LogP contribution in [0.15, 0.2) is 89.4 Å². The number of amides is 1. The van der Waals surface area contributed by atoms with E-state index in [9.17, 15) is 9.59 Å². The molecule has 6 heteroatoms. The van der Waals surface area contributed by atoms with Crippen molar-refractivity contribution in [2.24, 2.45) is 16.5 Å². The molecule has 0 fully saturated rings. The summed E-state index contributed by atoms with van der Waals surface area (Å²) >= 11 is 0. The van der Waals surface area contributed by atoms with Crippen molar-refractivity contribution < 1.29 is 14.3 Å². The summed E-state index contributed by atoms with van der Waals surface area (Å²) in [5.74, 6) is -0.645. The van der Waals surface area contributed by atoms with Crippen LogP contribution in [0.2, 0.25) is 0 Å². The lowest BCUT2D eigenvalue weighted by atomic mass is 9.85. The van der Waals surface area contributed by atoms with Gasteiger partial charge in [0.25, 0.3) is 5.91 Å². The van der Waals surface area contributed by atoms with E-state index in [1.54, 1.807) is 25.1 Å². The van der Waals surface area contributed by atoms with E-state index in [4.69, 9.17) is 16.2 Å². The fourth-order valence-electron chi connectivity index (χ4n) is 3.30. The molecule has 0 radical (unpaired) electrons. The van der Waals surface area contributed by atoms with E-state index in [2.05, 4.69) is 4.99 Å². The van der Waals surface area contributed by atoms with E-state index in [1.807, 2.05) is 80.6 Å². The summed E-state index contributed by atoms with van der Waals surface area (Å²) in [6.07, 6.45) is 1.74. The Bertz CT molecular complexity index is 1210. The quantitative estimate of drug-likeness (QED) is 0.193. The van der Waals surface area contributed by atoms with Gasteiger partial charge in [0.1, 0.15) is 5.75 Å². The maximum absolute atomic E-state index is 12.8. The first-order chi connectivity index (χ1) is 15.7. The van der Waals surface area contributed by atoms with Crippen molar-refractivity contribution in [2.75, 3.05) is 0 Å². The number of nitrogens with two attached hydrogens (primary N) is 2. The van der Waals surface area contributed by atoms with Crippen LogP contribution in [0.5, 0.6) is 5.75 Å². The fraction of sp³-hybridized carbons (Fsp3) is 0.148. The Hall–Kier alpha value is -4.19. The first kappa shape index (κ1) is 23.5. The second-order valence-electron chi connectivity index (χ2n) is 8.16. The average Bonchev–Trinajstić information content (AvgIpc) is 2.80. The zero-order valence-electron chi connectivity index (χ0n) is 18.9. The maximum atomic E-state index is 12.8. The van der Waals surface area contributed by atoms with Crippen LogP contribution in [0.4, 0.5) is 0 Å². The molecule has 168 valence electrons. The molecule has 33 heavy (non-hydrogen) atoms. The standard InChI is InChI=1S/C27H27N3O3/c1-18(24(31)30-26(28)29)17-20-9-7-8-12-23(20)19-13-15-22(16-14-19)33-25(32)27(2,3)21-10-5-4-6-11-21/h4-17H,1-3H3,(H4,28,29,30,31). The third-order valence-corrected chi connectivity index (χ3v) is 5.28. The number of hydrogen-bond donors (Lipinski definition) is 2. The van der Waals surface area contributed by atoms with E-state index in [0.29, 0.717) is 11.3 Å². The van der Waals surface area contributed by atoms with Gasteiger partial charge in [-0.1, -0.05) is 66.7 Å². The number of benzene rings is 3. The van der Waals surface area contributed by atoms with Gasteiger partial charge in [-0.2, -0.15) is 4.99 Å².